The Balaban J connectivity index is 2.20. The first kappa shape index (κ1) is 17.1. The number of aliphatic hydroxyl groups is 2. The zero-order chi connectivity index (χ0) is 14.6. The third kappa shape index (κ3) is 6.98. The van der Waals surface area contributed by atoms with Gasteiger partial charge >= 0.3 is 0 Å². The van der Waals surface area contributed by atoms with Crippen LogP contribution in [0, 0.1) is 0 Å². The zero-order valence-electron chi connectivity index (χ0n) is 12.0. The molecular weight excluding hydrogens is 258 g/mol. The smallest absolute Gasteiger partial charge is 0.0897 e. The van der Waals surface area contributed by atoms with Crippen molar-refractivity contribution in [1.29, 1.82) is 0 Å². The van der Waals surface area contributed by atoms with Crippen molar-refractivity contribution < 1.29 is 19.7 Å². The summed E-state index contributed by atoms with van der Waals surface area (Å²) in [5, 5.41) is 22.3. The summed E-state index contributed by atoms with van der Waals surface area (Å²) in [5.74, 6) is 0. The van der Waals surface area contributed by atoms with E-state index < -0.39 is 6.10 Å². The number of rotatable bonds is 11. The molecule has 5 heteroatoms. The van der Waals surface area contributed by atoms with Crippen LogP contribution in [0.2, 0.25) is 0 Å². The molecule has 0 aromatic heterocycles. The van der Waals surface area contributed by atoms with E-state index in [2.05, 4.69) is 5.32 Å². The molecule has 1 aromatic carbocycles. The van der Waals surface area contributed by atoms with Crippen molar-refractivity contribution >= 4 is 0 Å². The Morgan fingerprint density at radius 2 is 1.85 bits per heavy atom. The number of hydrogen-bond acceptors (Lipinski definition) is 5. The lowest BCUT2D eigenvalue weighted by atomic mass is 10.1. The molecular formula is C15H25NO4. The van der Waals surface area contributed by atoms with Gasteiger partial charge in [-0.2, -0.15) is 0 Å². The molecule has 20 heavy (non-hydrogen) atoms. The van der Waals surface area contributed by atoms with Crippen molar-refractivity contribution in [1.82, 2.24) is 5.32 Å². The molecule has 2 atom stereocenters. The van der Waals surface area contributed by atoms with E-state index in [1.54, 1.807) is 0 Å². The van der Waals surface area contributed by atoms with Gasteiger partial charge in [0.05, 0.1) is 38.6 Å². The zero-order valence-corrected chi connectivity index (χ0v) is 12.0. The maximum absolute atomic E-state index is 9.79. The van der Waals surface area contributed by atoms with E-state index >= 15 is 0 Å². The van der Waals surface area contributed by atoms with Crippen LogP contribution in [0.4, 0.5) is 0 Å². The van der Waals surface area contributed by atoms with Crippen molar-refractivity contribution in [2.75, 3.05) is 39.6 Å². The summed E-state index contributed by atoms with van der Waals surface area (Å²) in [6, 6.07) is 9.49. The molecule has 1 rings (SSSR count). The summed E-state index contributed by atoms with van der Waals surface area (Å²) in [6.45, 7) is 4.23. The lowest BCUT2D eigenvalue weighted by molar-refractivity contribution is 0.00515. The first-order chi connectivity index (χ1) is 9.77. The molecule has 0 fully saturated rings. The van der Waals surface area contributed by atoms with E-state index in [-0.39, 0.29) is 19.3 Å². The Labute approximate surface area is 120 Å². The Bertz CT molecular complexity index is 334. The van der Waals surface area contributed by atoms with Crippen molar-refractivity contribution in [2.24, 2.45) is 0 Å². The maximum Gasteiger partial charge on any atom is 0.0897 e. The van der Waals surface area contributed by atoms with Crippen LogP contribution in [0.3, 0.4) is 0 Å². The lowest BCUT2D eigenvalue weighted by Gasteiger charge is -2.19. The topological polar surface area (TPSA) is 71.0 Å². The summed E-state index contributed by atoms with van der Waals surface area (Å²) >= 11 is 0. The standard InChI is InChI=1S/C15H25NO4/c1-2-19-8-9-20-12-14(18)10-16-15(11-17)13-6-4-3-5-7-13/h3-7,14-18H,2,8-12H2,1H3. The van der Waals surface area contributed by atoms with Crippen molar-refractivity contribution in [3.63, 3.8) is 0 Å². The summed E-state index contributed by atoms with van der Waals surface area (Å²) in [4.78, 5) is 0. The van der Waals surface area contributed by atoms with Crippen LogP contribution in [-0.4, -0.2) is 55.9 Å². The van der Waals surface area contributed by atoms with E-state index in [4.69, 9.17) is 9.47 Å². The van der Waals surface area contributed by atoms with Gasteiger partial charge in [-0.3, -0.25) is 0 Å². The minimum atomic E-state index is -0.602. The fourth-order valence-corrected chi connectivity index (χ4v) is 1.79. The van der Waals surface area contributed by atoms with Crippen LogP contribution < -0.4 is 5.32 Å². The molecule has 0 heterocycles. The molecule has 1 aromatic rings. The number of nitrogens with one attached hydrogen (secondary N) is 1. The number of ether oxygens (including phenoxy) is 2. The minimum absolute atomic E-state index is 0.0120. The molecule has 0 saturated heterocycles. The normalized spacial score (nSPS) is 14.2. The Morgan fingerprint density at radius 1 is 1.15 bits per heavy atom. The van der Waals surface area contributed by atoms with Gasteiger partial charge in [-0.05, 0) is 12.5 Å². The number of benzene rings is 1. The second-order valence-corrected chi connectivity index (χ2v) is 4.48. The second-order valence-electron chi connectivity index (χ2n) is 4.48. The SMILES string of the molecule is CCOCCOCC(O)CNC(CO)c1ccccc1. The second kappa shape index (κ2) is 10.8. The highest BCUT2D eigenvalue weighted by atomic mass is 16.5. The molecule has 3 N–H and O–H groups in total. The van der Waals surface area contributed by atoms with E-state index in [1.165, 1.54) is 0 Å². The molecule has 0 aliphatic carbocycles. The number of aliphatic hydroxyl groups excluding tert-OH is 2. The third-order valence-electron chi connectivity index (χ3n) is 2.87. The van der Waals surface area contributed by atoms with Gasteiger partial charge < -0.3 is 25.0 Å². The van der Waals surface area contributed by atoms with Gasteiger partial charge in [0.15, 0.2) is 0 Å². The molecule has 114 valence electrons. The Morgan fingerprint density at radius 3 is 2.50 bits per heavy atom. The highest BCUT2D eigenvalue weighted by Gasteiger charge is 2.11. The van der Waals surface area contributed by atoms with Gasteiger partial charge in [-0.1, -0.05) is 30.3 Å². The lowest BCUT2D eigenvalue weighted by Crippen LogP contribution is -2.34. The first-order valence-electron chi connectivity index (χ1n) is 7.00. The van der Waals surface area contributed by atoms with Crippen LogP contribution >= 0.6 is 0 Å². The average molecular weight is 283 g/mol. The van der Waals surface area contributed by atoms with E-state index in [0.717, 1.165) is 5.56 Å². The Kier molecular flexibility index (Phi) is 9.19. The molecule has 0 radical (unpaired) electrons. The molecule has 0 saturated carbocycles. The van der Waals surface area contributed by atoms with Crippen LogP contribution in [0.5, 0.6) is 0 Å². The fraction of sp³-hybridized carbons (Fsp3) is 0.600. The predicted molar refractivity (Wildman–Crippen MR) is 77.6 cm³/mol. The van der Waals surface area contributed by atoms with E-state index in [0.29, 0.717) is 26.4 Å². The monoisotopic (exact) mass is 283 g/mol. The van der Waals surface area contributed by atoms with E-state index in [9.17, 15) is 10.2 Å². The van der Waals surface area contributed by atoms with Gasteiger partial charge in [-0.25, -0.2) is 0 Å². The van der Waals surface area contributed by atoms with Gasteiger partial charge in [0.1, 0.15) is 0 Å². The maximum atomic E-state index is 9.79. The minimum Gasteiger partial charge on any atom is -0.394 e. The van der Waals surface area contributed by atoms with Crippen molar-refractivity contribution in [3.8, 4) is 0 Å². The average Bonchev–Trinajstić information content (AvgIpc) is 2.49. The Hall–Kier alpha value is -0.980. The highest BCUT2D eigenvalue weighted by molar-refractivity contribution is 5.18. The molecule has 0 aliphatic heterocycles. The highest BCUT2D eigenvalue weighted by Crippen LogP contribution is 2.11. The third-order valence-corrected chi connectivity index (χ3v) is 2.87. The summed E-state index contributed by atoms with van der Waals surface area (Å²) < 4.78 is 10.4. The van der Waals surface area contributed by atoms with Gasteiger partial charge in [0.25, 0.3) is 0 Å². The predicted octanol–water partition coefficient (Wildman–Crippen LogP) is 0.724. The van der Waals surface area contributed by atoms with Crippen molar-refractivity contribution in [3.05, 3.63) is 35.9 Å². The largest absolute Gasteiger partial charge is 0.394 e. The number of hydrogen-bond donors (Lipinski definition) is 3. The first-order valence-corrected chi connectivity index (χ1v) is 7.00. The molecule has 2 unspecified atom stereocenters. The van der Waals surface area contributed by atoms with Gasteiger partial charge in [-0.15, -0.1) is 0 Å². The molecule has 0 spiro atoms. The van der Waals surface area contributed by atoms with Gasteiger partial charge in [0, 0.05) is 13.2 Å². The van der Waals surface area contributed by atoms with Crippen LogP contribution in [0.25, 0.3) is 0 Å². The van der Waals surface area contributed by atoms with Gasteiger partial charge in [0.2, 0.25) is 0 Å². The fourth-order valence-electron chi connectivity index (χ4n) is 1.79. The van der Waals surface area contributed by atoms with Crippen LogP contribution in [0.1, 0.15) is 18.5 Å². The molecule has 0 aliphatic rings. The molecule has 5 nitrogen and oxygen atoms in total. The summed E-state index contributed by atoms with van der Waals surface area (Å²) in [5.41, 5.74) is 1.000. The van der Waals surface area contributed by atoms with Crippen LogP contribution in [-0.2, 0) is 9.47 Å². The quantitative estimate of drug-likeness (QED) is 0.522. The summed E-state index contributed by atoms with van der Waals surface area (Å²) in [6.07, 6.45) is -0.602. The summed E-state index contributed by atoms with van der Waals surface area (Å²) in [7, 11) is 0. The van der Waals surface area contributed by atoms with Crippen molar-refractivity contribution in [2.45, 2.75) is 19.1 Å². The molecule has 0 amide bonds. The van der Waals surface area contributed by atoms with E-state index in [1.807, 2.05) is 37.3 Å². The molecule has 0 bridgehead atoms. The van der Waals surface area contributed by atoms with Crippen LogP contribution in [0.15, 0.2) is 30.3 Å².